The summed E-state index contributed by atoms with van der Waals surface area (Å²) < 4.78 is 0. The van der Waals surface area contributed by atoms with Gasteiger partial charge in [0, 0.05) is 30.3 Å². The largest absolute Gasteiger partial charge is 0.355 e. The van der Waals surface area contributed by atoms with Crippen LogP contribution in [0.25, 0.3) is 0 Å². The lowest BCUT2D eigenvalue weighted by molar-refractivity contribution is -0.139. The van der Waals surface area contributed by atoms with E-state index in [1.165, 1.54) is 11.1 Å². The minimum absolute atomic E-state index is 0.0558. The summed E-state index contributed by atoms with van der Waals surface area (Å²) in [7, 11) is 0. The van der Waals surface area contributed by atoms with Gasteiger partial charge in [-0.3, -0.25) is 9.59 Å². The van der Waals surface area contributed by atoms with Crippen LogP contribution in [0, 0.1) is 6.92 Å². The number of rotatable bonds is 11. The van der Waals surface area contributed by atoms with Gasteiger partial charge in [-0.2, -0.15) is 0 Å². The van der Waals surface area contributed by atoms with E-state index in [-0.39, 0.29) is 11.8 Å². The Morgan fingerprint density at radius 3 is 2.32 bits per heavy atom. The average molecular weight is 495 g/mol. The van der Waals surface area contributed by atoms with Gasteiger partial charge in [0.05, 0.1) is 5.75 Å². The molecule has 0 aliphatic heterocycles. The molecular formula is C28H31ClN2O2S. The maximum absolute atomic E-state index is 13.5. The molecular weight excluding hydrogens is 464 g/mol. The lowest BCUT2D eigenvalue weighted by atomic mass is 10.0. The second-order valence-corrected chi connectivity index (χ2v) is 9.65. The molecule has 178 valence electrons. The maximum atomic E-state index is 13.5. The average Bonchev–Trinajstić information content (AvgIpc) is 2.83. The first-order valence-corrected chi connectivity index (χ1v) is 13.0. The minimum atomic E-state index is -0.606. The number of likely N-dealkylation sites (N-methyl/N-ethyl adjacent to an activating group) is 1. The molecule has 6 heteroatoms. The monoisotopic (exact) mass is 494 g/mol. The second kappa shape index (κ2) is 13.2. The third-order valence-electron chi connectivity index (χ3n) is 5.47. The fourth-order valence-corrected chi connectivity index (χ4v) is 4.76. The molecule has 3 aromatic carbocycles. The zero-order chi connectivity index (χ0) is 24.3. The van der Waals surface area contributed by atoms with Gasteiger partial charge in [-0.1, -0.05) is 83.9 Å². The molecule has 0 saturated carbocycles. The SMILES string of the molecule is CCNC(=O)[C@@H](Cc1ccccc1)N(Cc1ccc(Cl)cc1)C(=O)CSCc1cccc(C)c1. The van der Waals surface area contributed by atoms with Crippen LogP contribution in [0.5, 0.6) is 0 Å². The summed E-state index contributed by atoms with van der Waals surface area (Å²) in [6.45, 7) is 4.80. The first-order valence-electron chi connectivity index (χ1n) is 11.4. The molecule has 1 atom stereocenters. The number of thioether (sulfide) groups is 1. The van der Waals surface area contributed by atoms with E-state index in [9.17, 15) is 9.59 Å². The van der Waals surface area contributed by atoms with E-state index in [2.05, 4.69) is 30.4 Å². The molecule has 1 N–H and O–H groups in total. The van der Waals surface area contributed by atoms with Crippen LogP contribution in [0.4, 0.5) is 0 Å². The number of amides is 2. The number of aryl methyl sites for hydroxylation is 1. The zero-order valence-electron chi connectivity index (χ0n) is 19.7. The number of carbonyl (C=O) groups is 2. The van der Waals surface area contributed by atoms with Gasteiger partial charge in [-0.15, -0.1) is 11.8 Å². The van der Waals surface area contributed by atoms with Crippen LogP contribution in [0.15, 0.2) is 78.9 Å². The summed E-state index contributed by atoms with van der Waals surface area (Å²) in [5.41, 5.74) is 4.34. The molecule has 0 aromatic heterocycles. The van der Waals surface area contributed by atoms with Crippen LogP contribution in [-0.4, -0.2) is 35.1 Å². The van der Waals surface area contributed by atoms with Gasteiger partial charge < -0.3 is 10.2 Å². The Hall–Kier alpha value is -2.76. The van der Waals surface area contributed by atoms with Crippen molar-refractivity contribution in [2.75, 3.05) is 12.3 Å². The van der Waals surface area contributed by atoms with E-state index in [1.807, 2.05) is 67.6 Å². The fourth-order valence-electron chi connectivity index (χ4n) is 3.77. The second-order valence-electron chi connectivity index (χ2n) is 8.23. The zero-order valence-corrected chi connectivity index (χ0v) is 21.2. The first-order chi connectivity index (χ1) is 16.5. The van der Waals surface area contributed by atoms with Crippen LogP contribution in [0.2, 0.25) is 5.02 Å². The van der Waals surface area contributed by atoms with E-state index >= 15 is 0 Å². The Labute approximate surface area is 211 Å². The standard InChI is InChI=1S/C28H31ClN2O2S/c1-3-30-28(33)26(17-22-9-5-4-6-10-22)31(18-23-12-14-25(29)15-13-23)27(32)20-34-19-24-11-7-8-21(2)16-24/h4-16,26H,3,17-20H2,1-2H3,(H,30,33)/t26-/m1/s1. The molecule has 0 saturated heterocycles. The number of nitrogens with zero attached hydrogens (tertiary/aromatic N) is 1. The van der Waals surface area contributed by atoms with Crippen LogP contribution in [0.3, 0.4) is 0 Å². The van der Waals surface area contributed by atoms with Gasteiger partial charge in [-0.05, 0) is 42.7 Å². The lowest BCUT2D eigenvalue weighted by Crippen LogP contribution is -2.51. The van der Waals surface area contributed by atoms with Gasteiger partial charge in [-0.25, -0.2) is 0 Å². The van der Waals surface area contributed by atoms with E-state index in [4.69, 9.17) is 11.6 Å². The van der Waals surface area contributed by atoms with E-state index in [1.54, 1.807) is 16.7 Å². The minimum Gasteiger partial charge on any atom is -0.355 e. The van der Waals surface area contributed by atoms with E-state index in [0.29, 0.717) is 30.3 Å². The summed E-state index contributed by atoms with van der Waals surface area (Å²) in [5.74, 6) is 0.844. The molecule has 3 rings (SSSR count). The van der Waals surface area contributed by atoms with Crippen LogP contribution in [0.1, 0.15) is 29.2 Å². The fraction of sp³-hybridized carbons (Fsp3) is 0.286. The third kappa shape index (κ3) is 7.93. The summed E-state index contributed by atoms with van der Waals surface area (Å²) >= 11 is 7.63. The normalized spacial score (nSPS) is 11.6. The van der Waals surface area contributed by atoms with Crippen LogP contribution < -0.4 is 5.32 Å². The smallest absolute Gasteiger partial charge is 0.243 e. The van der Waals surface area contributed by atoms with E-state index < -0.39 is 6.04 Å². The summed E-state index contributed by atoms with van der Waals surface area (Å²) in [4.78, 5) is 28.4. The van der Waals surface area contributed by atoms with E-state index in [0.717, 1.165) is 16.9 Å². The van der Waals surface area contributed by atoms with Gasteiger partial charge >= 0.3 is 0 Å². The predicted octanol–water partition coefficient (Wildman–Crippen LogP) is 5.66. The van der Waals surface area contributed by atoms with Crippen LogP contribution in [-0.2, 0) is 28.3 Å². The summed E-state index contributed by atoms with van der Waals surface area (Å²) in [6.07, 6.45) is 0.453. The third-order valence-corrected chi connectivity index (χ3v) is 6.71. The number of hydrogen-bond acceptors (Lipinski definition) is 3. The van der Waals surface area contributed by atoms with Crippen molar-refractivity contribution in [3.8, 4) is 0 Å². The summed E-state index contributed by atoms with van der Waals surface area (Å²) in [6, 6.07) is 25.0. The molecule has 0 bridgehead atoms. The molecule has 0 fully saturated rings. The topological polar surface area (TPSA) is 49.4 Å². The molecule has 2 amide bonds. The molecule has 0 spiro atoms. The number of hydrogen-bond donors (Lipinski definition) is 1. The number of benzene rings is 3. The highest BCUT2D eigenvalue weighted by Gasteiger charge is 2.30. The summed E-state index contributed by atoms with van der Waals surface area (Å²) in [5, 5.41) is 3.56. The van der Waals surface area contributed by atoms with Crippen molar-refractivity contribution in [2.24, 2.45) is 0 Å². The quantitative estimate of drug-likeness (QED) is 0.374. The molecule has 0 aliphatic carbocycles. The van der Waals surface area contributed by atoms with Crippen molar-refractivity contribution in [1.29, 1.82) is 0 Å². The number of nitrogens with one attached hydrogen (secondary N) is 1. The van der Waals surface area contributed by atoms with Crippen LogP contribution >= 0.6 is 23.4 Å². The van der Waals surface area contributed by atoms with Gasteiger partial charge in [0.1, 0.15) is 6.04 Å². The van der Waals surface area contributed by atoms with Gasteiger partial charge in [0.15, 0.2) is 0 Å². The van der Waals surface area contributed by atoms with Gasteiger partial charge in [0.2, 0.25) is 11.8 Å². The Bertz CT molecular complexity index is 1070. The van der Waals surface area contributed by atoms with Gasteiger partial charge in [0.25, 0.3) is 0 Å². The van der Waals surface area contributed by atoms with Crippen molar-refractivity contribution in [1.82, 2.24) is 10.2 Å². The van der Waals surface area contributed by atoms with Crippen molar-refractivity contribution >= 4 is 35.2 Å². The highest BCUT2D eigenvalue weighted by molar-refractivity contribution is 7.99. The lowest BCUT2D eigenvalue weighted by Gasteiger charge is -2.31. The molecule has 3 aromatic rings. The number of halogens is 1. The predicted molar refractivity (Wildman–Crippen MR) is 142 cm³/mol. The Kier molecular flexibility index (Phi) is 10.0. The molecule has 0 heterocycles. The maximum Gasteiger partial charge on any atom is 0.243 e. The van der Waals surface area contributed by atoms with Crippen molar-refractivity contribution in [3.05, 3.63) is 106 Å². The highest BCUT2D eigenvalue weighted by atomic mass is 35.5. The first kappa shape index (κ1) is 25.9. The number of carbonyl (C=O) groups excluding carboxylic acids is 2. The molecule has 0 unspecified atom stereocenters. The van der Waals surface area contributed by atoms with Crippen molar-refractivity contribution in [2.45, 2.75) is 38.6 Å². The van der Waals surface area contributed by atoms with Crippen molar-refractivity contribution < 1.29 is 9.59 Å². The Morgan fingerprint density at radius 1 is 0.941 bits per heavy atom. The molecule has 0 radical (unpaired) electrons. The molecule has 34 heavy (non-hydrogen) atoms. The van der Waals surface area contributed by atoms with Crippen molar-refractivity contribution in [3.63, 3.8) is 0 Å². The molecule has 0 aliphatic rings. The Balaban J connectivity index is 1.81. The Morgan fingerprint density at radius 2 is 1.65 bits per heavy atom. The highest BCUT2D eigenvalue weighted by Crippen LogP contribution is 2.20. The molecule has 4 nitrogen and oxygen atoms in total.